The van der Waals surface area contributed by atoms with Crippen LogP contribution in [0.2, 0.25) is 0 Å². The van der Waals surface area contributed by atoms with E-state index in [0.717, 1.165) is 31.8 Å². The molecule has 1 N–H and O–H groups in total. The molecule has 1 heterocycles. The molecule has 3 nitrogen and oxygen atoms in total. The van der Waals surface area contributed by atoms with Crippen LogP contribution in [0.1, 0.15) is 45.4 Å². The van der Waals surface area contributed by atoms with E-state index in [0.29, 0.717) is 11.5 Å². The predicted octanol–water partition coefficient (Wildman–Crippen LogP) is 1.98. The van der Waals surface area contributed by atoms with E-state index in [9.17, 15) is 8.42 Å². The summed E-state index contributed by atoms with van der Waals surface area (Å²) in [6.07, 6.45) is 7.31. The Morgan fingerprint density at radius 2 is 2.00 bits per heavy atom. The molecule has 1 aliphatic heterocycles. The maximum absolute atomic E-state index is 11.8. The molecule has 1 saturated heterocycles. The van der Waals surface area contributed by atoms with E-state index in [1.807, 2.05) is 0 Å². The van der Waals surface area contributed by atoms with Crippen LogP contribution in [-0.2, 0) is 9.84 Å². The van der Waals surface area contributed by atoms with Gasteiger partial charge >= 0.3 is 0 Å². The number of sulfone groups is 1. The molecule has 100 valence electrons. The van der Waals surface area contributed by atoms with Crippen molar-refractivity contribution in [3.63, 3.8) is 0 Å². The zero-order valence-corrected chi connectivity index (χ0v) is 11.7. The summed E-state index contributed by atoms with van der Waals surface area (Å²) in [5, 5.41) is 3.38. The third-order valence-corrected chi connectivity index (χ3v) is 6.29. The van der Waals surface area contributed by atoms with E-state index >= 15 is 0 Å². The predicted molar refractivity (Wildman–Crippen MR) is 70.8 cm³/mol. The highest BCUT2D eigenvalue weighted by Crippen LogP contribution is 2.42. The maximum atomic E-state index is 11.8. The van der Waals surface area contributed by atoms with Gasteiger partial charge in [-0.05, 0) is 30.7 Å². The molecule has 1 aliphatic carbocycles. The van der Waals surface area contributed by atoms with Crippen LogP contribution < -0.4 is 5.32 Å². The van der Waals surface area contributed by atoms with Crippen molar-refractivity contribution in [3.05, 3.63) is 0 Å². The van der Waals surface area contributed by atoms with Gasteiger partial charge in [-0.2, -0.15) is 0 Å². The first-order valence-corrected chi connectivity index (χ1v) is 8.79. The van der Waals surface area contributed by atoms with Crippen LogP contribution in [0.15, 0.2) is 0 Å². The summed E-state index contributed by atoms with van der Waals surface area (Å²) in [7, 11) is -2.77. The highest BCUT2D eigenvalue weighted by atomic mass is 32.2. The van der Waals surface area contributed by atoms with Gasteiger partial charge < -0.3 is 5.32 Å². The standard InChI is InChI=1S/C13H25NO2S/c1-2-14-10-13(7-8-17(15,16)11-13)9-12-5-3-4-6-12/h12,14H,2-11H2,1H3. The van der Waals surface area contributed by atoms with Crippen molar-refractivity contribution in [1.29, 1.82) is 0 Å². The Morgan fingerprint density at radius 3 is 2.53 bits per heavy atom. The molecule has 0 bridgehead atoms. The maximum Gasteiger partial charge on any atom is 0.150 e. The van der Waals surface area contributed by atoms with Crippen molar-refractivity contribution in [2.24, 2.45) is 11.3 Å². The third-order valence-electron chi connectivity index (χ3n) is 4.42. The quantitative estimate of drug-likeness (QED) is 0.821. The minimum Gasteiger partial charge on any atom is -0.316 e. The average Bonchev–Trinajstić information content (AvgIpc) is 2.85. The molecule has 0 spiro atoms. The minimum absolute atomic E-state index is 0.0455. The van der Waals surface area contributed by atoms with Gasteiger partial charge in [0.25, 0.3) is 0 Å². The Balaban J connectivity index is 2.02. The Labute approximate surface area is 105 Å². The van der Waals surface area contributed by atoms with Crippen LogP contribution in [0.3, 0.4) is 0 Å². The fourth-order valence-corrected chi connectivity index (χ4v) is 5.76. The van der Waals surface area contributed by atoms with Gasteiger partial charge in [0.2, 0.25) is 0 Å². The zero-order chi connectivity index (χ0) is 12.4. The molecule has 0 amide bonds. The van der Waals surface area contributed by atoms with Gasteiger partial charge in [-0.3, -0.25) is 0 Å². The molecule has 2 aliphatic rings. The lowest BCUT2D eigenvalue weighted by atomic mass is 9.78. The summed E-state index contributed by atoms with van der Waals surface area (Å²) < 4.78 is 23.5. The first kappa shape index (κ1) is 13.3. The van der Waals surface area contributed by atoms with E-state index in [4.69, 9.17) is 0 Å². The second-order valence-corrected chi connectivity index (χ2v) is 8.16. The molecule has 0 aromatic heterocycles. The number of rotatable bonds is 5. The van der Waals surface area contributed by atoms with Crippen LogP contribution in [0.5, 0.6) is 0 Å². The lowest BCUT2D eigenvalue weighted by molar-refractivity contribution is 0.239. The molecule has 1 saturated carbocycles. The monoisotopic (exact) mass is 259 g/mol. The van der Waals surface area contributed by atoms with E-state index in [-0.39, 0.29) is 5.41 Å². The highest BCUT2D eigenvalue weighted by molar-refractivity contribution is 7.91. The summed E-state index contributed by atoms with van der Waals surface area (Å²) in [6.45, 7) is 3.92. The smallest absolute Gasteiger partial charge is 0.150 e. The Bertz CT molecular complexity index is 346. The van der Waals surface area contributed by atoms with Crippen LogP contribution in [0.4, 0.5) is 0 Å². The van der Waals surface area contributed by atoms with E-state index in [1.165, 1.54) is 25.7 Å². The molecule has 4 heteroatoms. The number of hydrogen-bond donors (Lipinski definition) is 1. The van der Waals surface area contributed by atoms with Crippen molar-refractivity contribution in [1.82, 2.24) is 5.32 Å². The van der Waals surface area contributed by atoms with Crippen molar-refractivity contribution >= 4 is 9.84 Å². The topological polar surface area (TPSA) is 46.2 Å². The fourth-order valence-electron chi connectivity index (χ4n) is 3.57. The molecule has 0 aromatic carbocycles. The van der Waals surface area contributed by atoms with E-state index < -0.39 is 9.84 Å². The molecular weight excluding hydrogens is 234 g/mol. The van der Waals surface area contributed by atoms with Gasteiger partial charge in [-0.25, -0.2) is 8.42 Å². The number of hydrogen-bond acceptors (Lipinski definition) is 3. The second-order valence-electron chi connectivity index (χ2n) is 5.98. The molecule has 1 atom stereocenters. The molecule has 1 unspecified atom stereocenters. The van der Waals surface area contributed by atoms with Gasteiger partial charge in [0.15, 0.2) is 9.84 Å². The Kier molecular flexibility index (Phi) is 4.14. The number of nitrogens with one attached hydrogen (secondary N) is 1. The zero-order valence-electron chi connectivity index (χ0n) is 10.9. The van der Waals surface area contributed by atoms with E-state index in [1.54, 1.807) is 0 Å². The fraction of sp³-hybridized carbons (Fsp3) is 1.00. The molecule has 2 fully saturated rings. The molecule has 0 aromatic rings. The van der Waals surface area contributed by atoms with Gasteiger partial charge in [-0.1, -0.05) is 32.6 Å². The molecule has 0 radical (unpaired) electrons. The molecule has 2 rings (SSSR count). The normalized spacial score (nSPS) is 33.2. The summed E-state index contributed by atoms with van der Waals surface area (Å²) in [4.78, 5) is 0. The Morgan fingerprint density at radius 1 is 1.29 bits per heavy atom. The van der Waals surface area contributed by atoms with Gasteiger partial charge in [0.05, 0.1) is 11.5 Å². The third kappa shape index (κ3) is 3.44. The van der Waals surface area contributed by atoms with Gasteiger partial charge in [-0.15, -0.1) is 0 Å². The lowest BCUT2D eigenvalue weighted by Gasteiger charge is -2.30. The summed E-state index contributed by atoms with van der Waals surface area (Å²) in [6, 6.07) is 0. The average molecular weight is 259 g/mol. The highest BCUT2D eigenvalue weighted by Gasteiger charge is 2.43. The van der Waals surface area contributed by atoms with Crippen LogP contribution in [0.25, 0.3) is 0 Å². The minimum atomic E-state index is -2.77. The summed E-state index contributed by atoms with van der Waals surface area (Å²) in [5.74, 6) is 1.61. The van der Waals surface area contributed by atoms with E-state index in [2.05, 4.69) is 12.2 Å². The Hall–Kier alpha value is -0.0900. The first-order chi connectivity index (χ1) is 8.05. The second kappa shape index (κ2) is 5.27. The van der Waals surface area contributed by atoms with Gasteiger partial charge in [0.1, 0.15) is 0 Å². The summed E-state index contributed by atoms with van der Waals surface area (Å²) >= 11 is 0. The largest absolute Gasteiger partial charge is 0.316 e. The van der Waals surface area contributed by atoms with Crippen LogP contribution in [-0.4, -0.2) is 33.0 Å². The van der Waals surface area contributed by atoms with Crippen molar-refractivity contribution in [2.45, 2.75) is 45.4 Å². The lowest BCUT2D eigenvalue weighted by Crippen LogP contribution is -2.37. The summed E-state index contributed by atoms with van der Waals surface area (Å²) in [5.41, 5.74) is 0.0455. The first-order valence-electron chi connectivity index (χ1n) is 6.96. The SMILES string of the molecule is CCNCC1(CC2CCCC2)CCS(=O)(=O)C1. The van der Waals surface area contributed by atoms with Crippen molar-refractivity contribution in [3.8, 4) is 0 Å². The molecule has 17 heavy (non-hydrogen) atoms. The van der Waals surface area contributed by atoms with Crippen LogP contribution >= 0.6 is 0 Å². The van der Waals surface area contributed by atoms with Crippen molar-refractivity contribution < 1.29 is 8.42 Å². The van der Waals surface area contributed by atoms with Crippen LogP contribution in [0, 0.1) is 11.3 Å². The molecular formula is C13H25NO2S. The van der Waals surface area contributed by atoms with Gasteiger partial charge in [0, 0.05) is 6.54 Å². The van der Waals surface area contributed by atoms with Crippen molar-refractivity contribution in [2.75, 3.05) is 24.6 Å².